The molecule has 0 bridgehead atoms. The van der Waals surface area contributed by atoms with Crippen molar-refractivity contribution in [2.75, 3.05) is 18.1 Å². The molecule has 2 aliphatic heterocycles. The van der Waals surface area contributed by atoms with Crippen molar-refractivity contribution < 1.29 is 9.53 Å². The predicted molar refractivity (Wildman–Crippen MR) is 88.2 cm³/mol. The molecule has 1 amide bonds. The number of rotatable bonds is 2. The van der Waals surface area contributed by atoms with Gasteiger partial charge in [0.1, 0.15) is 0 Å². The Morgan fingerprint density at radius 2 is 2.09 bits per heavy atom. The molecular weight excluding hydrogens is 288 g/mol. The third-order valence-corrected chi connectivity index (χ3v) is 4.81. The average molecular weight is 308 g/mol. The number of pyridine rings is 1. The number of anilines is 1. The van der Waals surface area contributed by atoms with E-state index in [1.54, 1.807) is 6.20 Å². The zero-order valence-corrected chi connectivity index (χ0v) is 13.0. The maximum absolute atomic E-state index is 13.2. The lowest BCUT2D eigenvalue weighted by Crippen LogP contribution is -2.40. The lowest BCUT2D eigenvalue weighted by atomic mass is 9.88. The fourth-order valence-corrected chi connectivity index (χ4v) is 3.66. The summed E-state index contributed by atoms with van der Waals surface area (Å²) >= 11 is 0. The molecule has 2 atom stereocenters. The van der Waals surface area contributed by atoms with Crippen LogP contribution in [0.2, 0.25) is 0 Å². The summed E-state index contributed by atoms with van der Waals surface area (Å²) < 4.78 is 5.99. The van der Waals surface area contributed by atoms with Crippen LogP contribution in [0.1, 0.15) is 30.1 Å². The van der Waals surface area contributed by atoms with Crippen LogP contribution in [0.15, 0.2) is 48.8 Å². The van der Waals surface area contributed by atoms with Gasteiger partial charge in [-0.05, 0) is 36.5 Å². The van der Waals surface area contributed by atoms with Crippen molar-refractivity contribution in [1.82, 2.24) is 4.98 Å². The summed E-state index contributed by atoms with van der Waals surface area (Å²) in [6, 6.07) is 12.1. The number of hydrogen-bond donors (Lipinski definition) is 0. The molecule has 0 N–H and O–H groups in total. The molecule has 4 rings (SSSR count). The van der Waals surface area contributed by atoms with Crippen LogP contribution in [0, 0.1) is 5.92 Å². The van der Waals surface area contributed by atoms with Gasteiger partial charge in [-0.1, -0.05) is 30.3 Å². The second-order valence-corrected chi connectivity index (χ2v) is 6.20. The highest BCUT2D eigenvalue weighted by atomic mass is 16.5. The van der Waals surface area contributed by atoms with E-state index in [1.165, 1.54) is 0 Å². The maximum Gasteiger partial charge on any atom is 0.233 e. The fraction of sp³-hybridized carbons (Fsp3) is 0.368. The first kappa shape index (κ1) is 14.4. The number of amides is 1. The Bertz CT molecular complexity index is 702. The third-order valence-electron chi connectivity index (χ3n) is 4.81. The molecule has 0 saturated carbocycles. The molecule has 1 aromatic heterocycles. The Kier molecular flexibility index (Phi) is 3.83. The minimum atomic E-state index is -0.136. The first-order valence-corrected chi connectivity index (χ1v) is 8.25. The molecule has 2 aromatic rings. The van der Waals surface area contributed by atoms with Crippen molar-refractivity contribution in [3.8, 4) is 0 Å². The molecule has 23 heavy (non-hydrogen) atoms. The average Bonchev–Trinajstić information content (AvgIpc) is 3.06. The van der Waals surface area contributed by atoms with E-state index in [0.29, 0.717) is 0 Å². The van der Waals surface area contributed by atoms with Gasteiger partial charge in [0.15, 0.2) is 0 Å². The lowest BCUT2D eigenvalue weighted by Gasteiger charge is -2.34. The second-order valence-electron chi connectivity index (χ2n) is 6.20. The van der Waals surface area contributed by atoms with Gasteiger partial charge in [-0.3, -0.25) is 9.78 Å². The van der Waals surface area contributed by atoms with E-state index in [4.69, 9.17) is 4.74 Å². The van der Waals surface area contributed by atoms with Gasteiger partial charge in [0.25, 0.3) is 0 Å². The monoisotopic (exact) mass is 308 g/mol. The second kappa shape index (κ2) is 6.13. The van der Waals surface area contributed by atoms with Crippen LogP contribution in [0.4, 0.5) is 5.69 Å². The Balaban J connectivity index is 1.62. The number of hydrogen-bond acceptors (Lipinski definition) is 3. The van der Waals surface area contributed by atoms with E-state index < -0.39 is 0 Å². The lowest BCUT2D eigenvalue weighted by molar-refractivity contribution is -0.131. The molecule has 3 heterocycles. The molecule has 1 saturated heterocycles. The van der Waals surface area contributed by atoms with Crippen molar-refractivity contribution in [3.63, 3.8) is 0 Å². The van der Waals surface area contributed by atoms with E-state index in [-0.39, 0.29) is 17.9 Å². The summed E-state index contributed by atoms with van der Waals surface area (Å²) in [5, 5.41) is 0. The van der Waals surface area contributed by atoms with Crippen LogP contribution < -0.4 is 4.90 Å². The molecule has 1 fully saturated rings. The molecule has 4 heteroatoms. The molecule has 0 unspecified atom stereocenters. The number of benzene rings is 1. The smallest absolute Gasteiger partial charge is 0.233 e. The molecule has 0 spiro atoms. The van der Waals surface area contributed by atoms with E-state index in [0.717, 1.165) is 49.2 Å². The standard InChI is InChI=1S/C19H20N2O2/c22-19(21-11-9-15-13-20-10-8-17(15)21)16-7-4-12-23-18(16)14-5-2-1-3-6-14/h1-3,5-6,8,10,13,16,18H,4,7,9,11-12H2/t16-,18+/m0/s1. The first-order chi connectivity index (χ1) is 11.3. The molecule has 1 aromatic carbocycles. The highest BCUT2D eigenvalue weighted by Crippen LogP contribution is 2.37. The van der Waals surface area contributed by atoms with E-state index in [2.05, 4.69) is 17.1 Å². The zero-order valence-electron chi connectivity index (χ0n) is 13.0. The number of carbonyl (C=O) groups is 1. The molecule has 0 aliphatic carbocycles. The SMILES string of the molecule is O=C([C@H]1CCCO[C@@H]1c1ccccc1)N1CCc2cnccc21. The quantitative estimate of drug-likeness (QED) is 0.856. The van der Waals surface area contributed by atoms with Gasteiger partial charge >= 0.3 is 0 Å². The molecule has 118 valence electrons. The number of nitrogens with zero attached hydrogens (tertiary/aromatic N) is 2. The number of carbonyl (C=O) groups excluding carboxylic acids is 1. The van der Waals surface area contributed by atoms with E-state index in [9.17, 15) is 4.79 Å². The van der Waals surface area contributed by atoms with Crippen LogP contribution in [0.3, 0.4) is 0 Å². The number of fused-ring (bicyclic) bond motifs is 1. The normalized spacial score (nSPS) is 23.6. The van der Waals surface area contributed by atoms with Crippen molar-refractivity contribution in [1.29, 1.82) is 0 Å². The van der Waals surface area contributed by atoms with E-state index >= 15 is 0 Å². The highest BCUT2D eigenvalue weighted by Gasteiger charge is 2.37. The van der Waals surface area contributed by atoms with Gasteiger partial charge < -0.3 is 9.64 Å². The zero-order chi connectivity index (χ0) is 15.6. The van der Waals surface area contributed by atoms with Crippen LogP contribution in [0.25, 0.3) is 0 Å². The van der Waals surface area contributed by atoms with Crippen LogP contribution in [-0.4, -0.2) is 24.0 Å². The summed E-state index contributed by atoms with van der Waals surface area (Å²) in [6.07, 6.45) is 6.21. The van der Waals surface area contributed by atoms with Gasteiger partial charge in [-0.25, -0.2) is 0 Å². The van der Waals surface area contributed by atoms with Crippen LogP contribution >= 0.6 is 0 Å². The number of aromatic nitrogens is 1. The van der Waals surface area contributed by atoms with Crippen molar-refractivity contribution in [3.05, 3.63) is 59.9 Å². The molecule has 4 nitrogen and oxygen atoms in total. The van der Waals surface area contributed by atoms with Crippen LogP contribution in [0.5, 0.6) is 0 Å². The number of ether oxygens (including phenoxy) is 1. The molecule has 2 aliphatic rings. The van der Waals surface area contributed by atoms with Crippen molar-refractivity contribution in [2.45, 2.75) is 25.4 Å². The summed E-state index contributed by atoms with van der Waals surface area (Å²) in [6.45, 7) is 1.47. The molecule has 0 radical (unpaired) electrons. The Hall–Kier alpha value is -2.20. The van der Waals surface area contributed by atoms with E-state index in [1.807, 2.05) is 35.4 Å². The first-order valence-electron chi connectivity index (χ1n) is 8.25. The van der Waals surface area contributed by atoms with Crippen molar-refractivity contribution in [2.24, 2.45) is 5.92 Å². The maximum atomic E-state index is 13.2. The minimum Gasteiger partial charge on any atom is -0.373 e. The Morgan fingerprint density at radius 1 is 1.22 bits per heavy atom. The van der Waals surface area contributed by atoms with Gasteiger partial charge in [-0.15, -0.1) is 0 Å². The summed E-state index contributed by atoms with van der Waals surface area (Å²) in [7, 11) is 0. The highest BCUT2D eigenvalue weighted by molar-refractivity contribution is 5.97. The largest absolute Gasteiger partial charge is 0.373 e. The minimum absolute atomic E-state index is 0.106. The van der Waals surface area contributed by atoms with Crippen molar-refractivity contribution >= 4 is 11.6 Å². The summed E-state index contributed by atoms with van der Waals surface area (Å²) in [5.74, 6) is 0.0776. The van der Waals surface area contributed by atoms with Gasteiger partial charge in [0.05, 0.1) is 12.0 Å². The van der Waals surface area contributed by atoms with Gasteiger partial charge in [0, 0.05) is 31.2 Å². The Labute approximate surface area is 136 Å². The summed E-state index contributed by atoms with van der Waals surface area (Å²) in [4.78, 5) is 19.3. The predicted octanol–water partition coefficient (Wildman–Crippen LogP) is 3.14. The Morgan fingerprint density at radius 3 is 2.96 bits per heavy atom. The van der Waals surface area contributed by atoms with Crippen LogP contribution in [-0.2, 0) is 16.0 Å². The fourth-order valence-electron chi connectivity index (χ4n) is 3.66. The topological polar surface area (TPSA) is 42.4 Å². The third kappa shape index (κ3) is 2.63. The van der Waals surface area contributed by atoms with Gasteiger partial charge in [-0.2, -0.15) is 0 Å². The summed E-state index contributed by atoms with van der Waals surface area (Å²) in [5.41, 5.74) is 3.27. The van der Waals surface area contributed by atoms with Gasteiger partial charge in [0.2, 0.25) is 5.91 Å². The molecular formula is C19H20N2O2.